The van der Waals surface area contributed by atoms with Crippen LogP contribution in [0.4, 0.5) is 8.78 Å². The fourth-order valence-electron chi connectivity index (χ4n) is 1.43. The first-order chi connectivity index (χ1) is 8.75. The minimum Gasteiger partial charge on any atom is -0.490 e. The highest BCUT2D eigenvalue weighted by Gasteiger charge is 2.01. The predicted molar refractivity (Wildman–Crippen MR) is 63.8 cm³/mol. The zero-order chi connectivity index (χ0) is 12.8. The number of ether oxygens (including phenoxy) is 2. The molecule has 0 saturated heterocycles. The van der Waals surface area contributed by atoms with Gasteiger partial charge in [-0.3, -0.25) is 0 Å². The summed E-state index contributed by atoms with van der Waals surface area (Å²) < 4.78 is 36.5. The van der Waals surface area contributed by atoms with Gasteiger partial charge in [0.25, 0.3) is 0 Å². The fraction of sp³-hybridized carbons (Fsp3) is 0.143. The van der Waals surface area contributed by atoms with E-state index in [0.717, 1.165) is 0 Å². The van der Waals surface area contributed by atoms with E-state index < -0.39 is 5.82 Å². The highest BCUT2D eigenvalue weighted by molar-refractivity contribution is 5.24. The molecule has 0 saturated carbocycles. The largest absolute Gasteiger partial charge is 0.490 e. The lowest BCUT2D eigenvalue weighted by Crippen LogP contribution is -2.09. The number of hydrogen-bond acceptors (Lipinski definition) is 2. The van der Waals surface area contributed by atoms with Gasteiger partial charge in [-0.25, -0.2) is 8.78 Å². The summed E-state index contributed by atoms with van der Waals surface area (Å²) in [5, 5.41) is 0. The molecule has 0 aliphatic carbocycles. The summed E-state index contributed by atoms with van der Waals surface area (Å²) in [6.45, 7) is 0.412. The molecule has 2 aromatic rings. The summed E-state index contributed by atoms with van der Waals surface area (Å²) in [5.74, 6) is -0.168. The van der Waals surface area contributed by atoms with E-state index in [0.29, 0.717) is 5.75 Å². The summed E-state index contributed by atoms with van der Waals surface area (Å²) in [7, 11) is 0. The van der Waals surface area contributed by atoms with Crippen LogP contribution in [0, 0.1) is 11.6 Å². The van der Waals surface area contributed by atoms with Crippen molar-refractivity contribution in [3.8, 4) is 11.5 Å². The van der Waals surface area contributed by atoms with E-state index in [1.165, 1.54) is 24.3 Å². The molecule has 0 atom stereocenters. The summed E-state index contributed by atoms with van der Waals surface area (Å²) in [6.07, 6.45) is 0. The minimum absolute atomic E-state index is 0.181. The molecule has 18 heavy (non-hydrogen) atoms. The van der Waals surface area contributed by atoms with Crippen molar-refractivity contribution in [1.82, 2.24) is 0 Å². The average Bonchev–Trinajstić information content (AvgIpc) is 2.37. The van der Waals surface area contributed by atoms with E-state index >= 15 is 0 Å². The number of rotatable bonds is 5. The molecular formula is C14H12F2O2. The van der Waals surface area contributed by atoms with Crippen LogP contribution in [0.15, 0.2) is 48.5 Å². The van der Waals surface area contributed by atoms with E-state index in [4.69, 9.17) is 9.47 Å². The summed E-state index contributed by atoms with van der Waals surface area (Å²) in [6, 6.07) is 12.0. The average molecular weight is 250 g/mol. The van der Waals surface area contributed by atoms with Crippen LogP contribution < -0.4 is 9.47 Å². The van der Waals surface area contributed by atoms with Gasteiger partial charge in [0.15, 0.2) is 11.6 Å². The first-order valence-corrected chi connectivity index (χ1v) is 5.51. The Labute approximate surface area is 104 Å². The lowest BCUT2D eigenvalue weighted by Gasteiger charge is -2.08. The second-order valence-corrected chi connectivity index (χ2v) is 3.58. The van der Waals surface area contributed by atoms with Crippen LogP contribution in [-0.4, -0.2) is 13.2 Å². The van der Waals surface area contributed by atoms with Gasteiger partial charge >= 0.3 is 0 Å². The first-order valence-electron chi connectivity index (χ1n) is 5.51. The Balaban J connectivity index is 1.78. The Hall–Kier alpha value is -2.10. The maximum absolute atomic E-state index is 13.2. The zero-order valence-electron chi connectivity index (χ0n) is 9.61. The van der Waals surface area contributed by atoms with E-state index in [9.17, 15) is 8.78 Å². The molecule has 0 aliphatic heterocycles. The van der Waals surface area contributed by atoms with Gasteiger partial charge in [-0.1, -0.05) is 18.2 Å². The first kappa shape index (κ1) is 12.4. The second-order valence-electron chi connectivity index (χ2n) is 3.58. The van der Waals surface area contributed by atoms with Crippen molar-refractivity contribution in [3.63, 3.8) is 0 Å². The number of halogens is 2. The predicted octanol–water partition coefficient (Wildman–Crippen LogP) is 3.42. The van der Waals surface area contributed by atoms with Crippen molar-refractivity contribution in [3.05, 3.63) is 60.2 Å². The van der Waals surface area contributed by atoms with Gasteiger partial charge in [0.05, 0.1) is 0 Å². The number of para-hydroxylation sites is 1. The fourth-order valence-corrected chi connectivity index (χ4v) is 1.43. The molecule has 0 aliphatic rings. The van der Waals surface area contributed by atoms with E-state index in [1.54, 1.807) is 24.3 Å². The molecule has 0 fully saturated rings. The molecule has 2 aromatic carbocycles. The SMILES string of the molecule is Fc1cccc(OCCOc2ccccc2F)c1. The van der Waals surface area contributed by atoms with Crippen LogP contribution in [-0.2, 0) is 0 Å². The van der Waals surface area contributed by atoms with E-state index in [2.05, 4.69) is 0 Å². The van der Waals surface area contributed by atoms with Crippen molar-refractivity contribution < 1.29 is 18.3 Å². The van der Waals surface area contributed by atoms with Crippen LogP contribution in [0.25, 0.3) is 0 Å². The lowest BCUT2D eigenvalue weighted by molar-refractivity contribution is 0.211. The van der Waals surface area contributed by atoms with Crippen LogP contribution in [0.1, 0.15) is 0 Å². The Kier molecular flexibility index (Phi) is 4.12. The van der Waals surface area contributed by atoms with Crippen LogP contribution >= 0.6 is 0 Å². The highest BCUT2D eigenvalue weighted by atomic mass is 19.1. The Bertz CT molecular complexity index is 515. The van der Waals surface area contributed by atoms with Gasteiger partial charge in [0.1, 0.15) is 24.8 Å². The maximum atomic E-state index is 13.2. The Morgan fingerprint density at radius 2 is 1.61 bits per heavy atom. The van der Waals surface area contributed by atoms with Crippen LogP contribution in [0.3, 0.4) is 0 Å². The van der Waals surface area contributed by atoms with E-state index in [-0.39, 0.29) is 24.8 Å². The third-order valence-electron chi connectivity index (χ3n) is 2.24. The highest BCUT2D eigenvalue weighted by Crippen LogP contribution is 2.15. The van der Waals surface area contributed by atoms with Crippen molar-refractivity contribution in [2.75, 3.05) is 13.2 Å². The third-order valence-corrected chi connectivity index (χ3v) is 2.24. The molecule has 0 bridgehead atoms. The van der Waals surface area contributed by atoms with Crippen molar-refractivity contribution in [2.45, 2.75) is 0 Å². The minimum atomic E-state index is -0.414. The molecule has 0 aromatic heterocycles. The van der Waals surface area contributed by atoms with Crippen LogP contribution in [0.2, 0.25) is 0 Å². The smallest absolute Gasteiger partial charge is 0.165 e. The Morgan fingerprint density at radius 1 is 0.833 bits per heavy atom. The number of hydrogen-bond donors (Lipinski definition) is 0. The molecule has 0 N–H and O–H groups in total. The molecule has 2 rings (SSSR count). The second kappa shape index (κ2) is 6.00. The molecular weight excluding hydrogens is 238 g/mol. The van der Waals surface area contributed by atoms with Gasteiger partial charge in [-0.15, -0.1) is 0 Å². The normalized spacial score (nSPS) is 10.1. The van der Waals surface area contributed by atoms with Gasteiger partial charge in [0, 0.05) is 6.07 Å². The third kappa shape index (κ3) is 3.45. The summed E-state index contributed by atoms with van der Waals surface area (Å²) >= 11 is 0. The number of benzene rings is 2. The molecule has 94 valence electrons. The summed E-state index contributed by atoms with van der Waals surface area (Å²) in [4.78, 5) is 0. The lowest BCUT2D eigenvalue weighted by atomic mass is 10.3. The maximum Gasteiger partial charge on any atom is 0.165 e. The van der Waals surface area contributed by atoms with Gasteiger partial charge in [0.2, 0.25) is 0 Å². The van der Waals surface area contributed by atoms with Gasteiger partial charge in [-0.2, -0.15) is 0 Å². The molecule has 2 nitrogen and oxygen atoms in total. The van der Waals surface area contributed by atoms with Crippen LogP contribution in [0.5, 0.6) is 11.5 Å². The van der Waals surface area contributed by atoms with Crippen molar-refractivity contribution in [1.29, 1.82) is 0 Å². The van der Waals surface area contributed by atoms with E-state index in [1.807, 2.05) is 0 Å². The molecule has 0 unspecified atom stereocenters. The Morgan fingerprint density at radius 3 is 2.39 bits per heavy atom. The molecule has 0 amide bonds. The quantitative estimate of drug-likeness (QED) is 0.757. The monoisotopic (exact) mass is 250 g/mol. The van der Waals surface area contributed by atoms with Gasteiger partial charge < -0.3 is 9.47 Å². The molecule has 0 spiro atoms. The van der Waals surface area contributed by atoms with Crippen molar-refractivity contribution >= 4 is 0 Å². The zero-order valence-corrected chi connectivity index (χ0v) is 9.61. The molecule has 4 heteroatoms. The molecule has 0 radical (unpaired) electrons. The molecule has 0 heterocycles. The standard InChI is InChI=1S/C14H12F2O2/c15-11-4-3-5-12(10-11)17-8-9-18-14-7-2-1-6-13(14)16/h1-7,10H,8-9H2. The van der Waals surface area contributed by atoms with Crippen molar-refractivity contribution in [2.24, 2.45) is 0 Å². The van der Waals surface area contributed by atoms with Gasteiger partial charge in [-0.05, 0) is 24.3 Å². The topological polar surface area (TPSA) is 18.5 Å². The summed E-state index contributed by atoms with van der Waals surface area (Å²) in [5.41, 5.74) is 0.